The fraction of sp³-hybridized carbons (Fsp3) is 0.867. The summed E-state index contributed by atoms with van der Waals surface area (Å²) >= 11 is 0. The van der Waals surface area contributed by atoms with Crippen LogP contribution in [0.5, 0.6) is 0 Å². The summed E-state index contributed by atoms with van der Waals surface area (Å²) in [4.78, 5) is 23.8. The molecule has 0 aromatic rings. The molecule has 1 saturated carbocycles. The van der Waals surface area contributed by atoms with Crippen molar-refractivity contribution in [3.8, 4) is 0 Å². The van der Waals surface area contributed by atoms with Gasteiger partial charge in [0.1, 0.15) is 0 Å². The van der Waals surface area contributed by atoms with E-state index in [0.717, 1.165) is 45.2 Å². The number of carbonyl (C=O) groups excluding carboxylic acids is 2. The van der Waals surface area contributed by atoms with Crippen LogP contribution in [-0.2, 0) is 9.59 Å². The molecule has 0 aromatic heterocycles. The Morgan fingerprint density at radius 1 is 1.25 bits per heavy atom. The molecule has 1 unspecified atom stereocenters. The number of rotatable bonds is 4. The van der Waals surface area contributed by atoms with E-state index in [-0.39, 0.29) is 29.2 Å². The molecular weight excluding hydrogens is 254 g/mol. The van der Waals surface area contributed by atoms with Gasteiger partial charge in [-0.1, -0.05) is 13.8 Å². The maximum absolute atomic E-state index is 12.6. The van der Waals surface area contributed by atoms with Crippen LogP contribution in [0.3, 0.4) is 0 Å². The third-order valence-corrected chi connectivity index (χ3v) is 5.21. The molecule has 1 atom stereocenters. The first-order chi connectivity index (χ1) is 9.45. The predicted molar refractivity (Wildman–Crippen MR) is 77.8 cm³/mol. The number of nitrogens with two attached hydrogens (primary N) is 1. The maximum atomic E-state index is 12.6. The second-order valence-corrected chi connectivity index (χ2v) is 6.66. The van der Waals surface area contributed by atoms with Crippen molar-refractivity contribution >= 4 is 11.8 Å². The van der Waals surface area contributed by atoms with Gasteiger partial charge in [-0.15, -0.1) is 0 Å². The molecule has 0 radical (unpaired) electrons. The van der Waals surface area contributed by atoms with E-state index < -0.39 is 0 Å². The Kier molecular flexibility index (Phi) is 4.68. The number of carbonyl (C=O) groups is 2. The Morgan fingerprint density at radius 2 is 1.90 bits per heavy atom. The highest BCUT2D eigenvalue weighted by atomic mass is 16.2. The Bertz CT molecular complexity index is 367. The first-order valence-electron chi connectivity index (χ1n) is 7.76. The number of amides is 2. The van der Waals surface area contributed by atoms with Crippen LogP contribution in [0.4, 0.5) is 0 Å². The van der Waals surface area contributed by atoms with Crippen molar-refractivity contribution in [2.75, 3.05) is 13.1 Å². The average Bonchev–Trinajstić information content (AvgIpc) is 2.90. The van der Waals surface area contributed by atoms with Crippen molar-refractivity contribution in [1.82, 2.24) is 10.6 Å². The van der Waals surface area contributed by atoms with Crippen molar-refractivity contribution < 1.29 is 9.59 Å². The molecule has 0 spiro atoms. The summed E-state index contributed by atoms with van der Waals surface area (Å²) in [5.41, 5.74) is 5.08. The molecule has 4 N–H and O–H groups in total. The van der Waals surface area contributed by atoms with Crippen LogP contribution >= 0.6 is 0 Å². The zero-order chi connectivity index (χ0) is 14.8. The minimum Gasteiger partial charge on any atom is -0.369 e. The summed E-state index contributed by atoms with van der Waals surface area (Å²) in [6.45, 7) is 5.93. The van der Waals surface area contributed by atoms with Gasteiger partial charge in [-0.2, -0.15) is 0 Å². The minimum absolute atomic E-state index is 0.00430. The molecule has 1 aliphatic heterocycles. The average molecular weight is 281 g/mol. The lowest BCUT2D eigenvalue weighted by Crippen LogP contribution is -2.50. The predicted octanol–water partition coefficient (Wildman–Crippen LogP) is 0.782. The molecule has 2 rings (SSSR count). The fourth-order valence-corrected chi connectivity index (χ4v) is 3.51. The van der Waals surface area contributed by atoms with Crippen molar-refractivity contribution in [1.29, 1.82) is 0 Å². The zero-order valence-electron chi connectivity index (χ0n) is 12.6. The van der Waals surface area contributed by atoms with Gasteiger partial charge < -0.3 is 16.4 Å². The molecular formula is C15H27N3O2. The largest absolute Gasteiger partial charge is 0.369 e. The SMILES string of the molecule is CC(C)C1(C(=O)NC2CCC(C(N)=O)CC2)CCNC1. The van der Waals surface area contributed by atoms with Crippen LogP contribution in [0.1, 0.15) is 46.0 Å². The van der Waals surface area contributed by atoms with Gasteiger partial charge in [-0.3, -0.25) is 9.59 Å². The number of hydrogen-bond acceptors (Lipinski definition) is 3. The van der Waals surface area contributed by atoms with Gasteiger partial charge in [0.2, 0.25) is 11.8 Å². The van der Waals surface area contributed by atoms with Gasteiger partial charge in [0, 0.05) is 18.5 Å². The van der Waals surface area contributed by atoms with Crippen molar-refractivity contribution in [2.45, 2.75) is 52.0 Å². The minimum atomic E-state index is -0.263. The van der Waals surface area contributed by atoms with E-state index in [0.29, 0.717) is 5.92 Å². The van der Waals surface area contributed by atoms with E-state index in [4.69, 9.17) is 5.73 Å². The molecule has 114 valence electrons. The second-order valence-electron chi connectivity index (χ2n) is 6.66. The molecule has 20 heavy (non-hydrogen) atoms. The lowest BCUT2D eigenvalue weighted by Gasteiger charge is -2.35. The van der Waals surface area contributed by atoms with Crippen molar-refractivity contribution in [2.24, 2.45) is 23.0 Å². The zero-order valence-corrected chi connectivity index (χ0v) is 12.6. The second kappa shape index (κ2) is 6.12. The quantitative estimate of drug-likeness (QED) is 0.712. The normalized spacial score (nSPS) is 34.1. The summed E-state index contributed by atoms with van der Waals surface area (Å²) in [5, 5.41) is 6.52. The third kappa shape index (κ3) is 2.97. The summed E-state index contributed by atoms with van der Waals surface area (Å²) in [5.74, 6) is 0.309. The van der Waals surface area contributed by atoms with Crippen LogP contribution in [0.15, 0.2) is 0 Å². The Balaban J connectivity index is 1.90. The Hall–Kier alpha value is -1.10. The van der Waals surface area contributed by atoms with Gasteiger partial charge in [-0.25, -0.2) is 0 Å². The molecule has 1 heterocycles. The Morgan fingerprint density at radius 3 is 2.35 bits per heavy atom. The number of hydrogen-bond donors (Lipinski definition) is 3. The van der Waals surface area contributed by atoms with Crippen LogP contribution in [-0.4, -0.2) is 30.9 Å². The van der Waals surface area contributed by atoms with E-state index in [1.807, 2.05) is 0 Å². The van der Waals surface area contributed by atoms with Gasteiger partial charge >= 0.3 is 0 Å². The molecule has 2 aliphatic rings. The molecule has 5 nitrogen and oxygen atoms in total. The summed E-state index contributed by atoms with van der Waals surface area (Å²) in [6, 6.07) is 0.203. The number of primary amides is 1. The summed E-state index contributed by atoms with van der Waals surface area (Å²) in [7, 11) is 0. The van der Waals surface area contributed by atoms with Gasteiger partial charge in [-0.05, 0) is 44.6 Å². The first kappa shape index (κ1) is 15.3. The number of nitrogens with one attached hydrogen (secondary N) is 2. The van der Waals surface area contributed by atoms with Gasteiger partial charge in [0.05, 0.1) is 5.41 Å². The van der Waals surface area contributed by atoms with Crippen LogP contribution in [0.25, 0.3) is 0 Å². The van der Waals surface area contributed by atoms with E-state index in [2.05, 4.69) is 24.5 Å². The molecule has 5 heteroatoms. The highest BCUT2D eigenvalue weighted by molar-refractivity contribution is 5.84. The highest BCUT2D eigenvalue weighted by Crippen LogP contribution is 2.35. The van der Waals surface area contributed by atoms with Gasteiger partial charge in [0.25, 0.3) is 0 Å². The third-order valence-electron chi connectivity index (χ3n) is 5.21. The monoisotopic (exact) mass is 281 g/mol. The van der Waals surface area contributed by atoms with Crippen LogP contribution in [0, 0.1) is 17.3 Å². The molecule has 1 saturated heterocycles. The molecule has 0 aromatic carbocycles. The van der Waals surface area contributed by atoms with E-state index in [1.54, 1.807) is 0 Å². The van der Waals surface area contributed by atoms with Crippen LogP contribution < -0.4 is 16.4 Å². The highest BCUT2D eigenvalue weighted by Gasteiger charge is 2.44. The van der Waals surface area contributed by atoms with E-state index in [9.17, 15) is 9.59 Å². The van der Waals surface area contributed by atoms with Gasteiger partial charge in [0.15, 0.2) is 0 Å². The first-order valence-corrected chi connectivity index (χ1v) is 7.76. The van der Waals surface area contributed by atoms with E-state index in [1.165, 1.54) is 0 Å². The molecule has 2 amide bonds. The maximum Gasteiger partial charge on any atom is 0.228 e. The smallest absolute Gasteiger partial charge is 0.228 e. The lowest BCUT2D eigenvalue weighted by molar-refractivity contribution is -0.133. The topological polar surface area (TPSA) is 84.2 Å². The van der Waals surface area contributed by atoms with E-state index >= 15 is 0 Å². The molecule has 1 aliphatic carbocycles. The van der Waals surface area contributed by atoms with Crippen LogP contribution in [0.2, 0.25) is 0 Å². The van der Waals surface area contributed by atoms with Crippen molar-refractivity contribution in [3.63, 3.8) is 0 Å². The standard InChI is InChI=1S/C15H27N3O2/c1-10(2)15(7-8-17-9-15)14(20)18-12-5-3-11(4-6-12)13(16)19/h10-12,17H,3-9H2,1-2H3,(H2,16,19)(H,18,20). The lowest BCUT2D eigenvalue weighted by atomic mass is 9.75. The summed E-state index contributed by atoms with van der Waals surface area (Å²) < 4.78 is 0. The molecule has 2 fully saturated rings. The summed E-state index contributed by atoms with van der Waals surface area (Å²) in [6.07, 6.45) is 4.23. The van der Waals surface area contributed by atoms with Crippen molar-refractivity contribution in [3.05, 3.63) is 0 Å². The molecule has 0 bridgehead atoms. The Labute approximate surface area is 121 Å². The fourth-order valence-electron chi connectivity index (χ4n) is 3.51.